The zero-order valence-electron chi connectivity index (χ0n) is 17.9. The molecule has 0 bridgehead atoms. The smallest absolute Gasteiger partial charge is 0.395 e. The van der Waals surface area contributed by atoms with E-state index in [1.54, 1.807) is 0 Å². The van der Waals surface area contributed by atoms with Crippen LogP contribution in [0.25, 0.3) is 21.3 Å². The maximum Gasteiger partial charge on any atom is 0.395 e. The number of aromatic nitrogens is 2. The fourth-order valence-electron chi connectivity index (χ4n) is 4.21. The van der Waals surface area contributed by atoms with Crippen LogP contribution in [0.5, 0.6) is 5.88 Å². The molecule has 4 rings (SSSR count). The summed E-state index contributed by atoms with van der Waals surface area (Å²) in [4.78, 5) is 9.84. The molecule has 2 heterocycles. The maximum absolute atomic E-state index is 14.1. The van der Waals surface area contributed by atoms with Crippen LogP contribution in [0.4, 0.5) is 22.0 Å². The third-order valence-corrected chi connectivity index (χ3v) is 7.25. The van der Waals surface area contributed by atoms with Crippen molar-refractivity contribution in [2.75, 3.05) is 0 Å². The van der Waals surface area contributed by atoms with E-state index in [0.29, 0.717) is 34.2 Å². The van der Waals surface area contributed by atoms with Crippen LogP contribution in [0.15, 0.2) is 24.5 Å². The number of fused-ring (bicyclic) bond motifs is 1. The van der Waals surface area contributed by atoms with Crippen molar-refractivity contribution in [3.05, 3.63) is 41.0 Å². The van der Waals surface area contributed by atoms with Crippen molar-refractivity contribution in [1.29, 1.82) is 0 Å². The van der Waals surface area contributed by atoms with Gasteiger partial charge >= 0.3 is 6.18 Å². The van der Waals surface area contributed by atoms with Gasteiger partial charge < -0.3 is 4.74 Å². The van der Waals surface area contributed by atoms with Gasteiger partial charge in [-0.15, -0.1) is 11.3 Å². The molecule has 0 radical (unpaired) electrons. The third kappa shape index (κ3) is 4.31. The van der Waals surface area contributed by atoms with E-state index in [2.05, 4.69) is 9.97 Å². The lowest BCUT2D eigenvalue weighted by atomic mass is 9.86. The molecule has 2 aromatic heterocycles. The molecular weight excluding hydrogens is 447 g/mol. The normalized spacial score (nSPS) is 20.0. The number of thiophene rings is 1. The van der Waals surface area contributed by atoms with E-state index in [-0.39, 0.29) is 24.1 Å². The molecule has 32 heavy (non-hydrogen) atoms. The zero-order chi connectivity index (χ0) is 23.3. The average molecular weight is 471 g/mol. The summed E-state index contributed by atoms with van der Waals surface area (Å²) in [5.41, 5.74) is 0.574. The van der Waals surface area contributed by atoms with E-state index in [4.69, 9.17) is 4.74 Å². The number of ether oxygens (including phenoxy) is 1. The minimum absolute atomic E-state index is 0.00923. The van der Waals surface area contributed by atoms with Gasteiger partial charge in [0.25, 0.3) is 0 Å². The van der Waals surface area contributed by atoms with Gasteiger partial charge in [-0.05, 0) is 42.4 Å². The number of rotatable bonds is 3. The largest absolute Gasteiger partial charge is 0.473 e. The fraction of sp³-hybridized carbons (Fsp3) is 0.478. The van der Waals surface area contributed by atoms with E-state index < -0.39 is 29.8 Å². The van der Waals surface area contributed by atoms with Crippen LogP contribution in [-0.2, 0) is 5.41 Å². The number of nitrogens with zero attached hydrogens (tertiary/aromatic N) is 2. The molecule has 0 N–H and O–H groups in total. The monoisotopic (exact) mass is 470 g/mol. The first kappa shape index (κ1) is 22.9. The lowest BCUT2D eigenvalue weighted by Gasteiger charge is -2.32. The molecule has 0 saturated heterocycles. The molecule has 2 unspecified atom stereocenters. The van der Waals surface area contributed by atoms with Crippen molar-refractivity contribution in [3.63, 3.8) is 0 Å². The standard InChI is InChI=1S/C23H23F5N2OS/c1-22(2,3)19-17(12-8-9-14(24)15(25)10-12)18-20(29-11-30-21(18)32-19)31-16-7-5-4-6-13(16)23(26,27)28/h8-11,13,16H,4-7H2,1-3H3. The Balaban J connectivity index is 1.89. The Morgan fingerprint density at radius 2 is 1.72 bits per heavy atom. The van der Waals surface area contributed by atoms with Crippen molar-refractivity contribution >= 4 is 21.6 Å². The van der Waals surface area contributed by atoms with Crippen LogP contribution in [-0.4, -0.2) is 22.2 Å². The minimum atomic E-state index is -4.37. The van der Waals surface area contributed by atoms with E-state index in [0.717, 1.165) is 17.0 Å². The quantitative estimate of drug-likeness (QED) is 0.373. The predicted octanol–water partition coefficient (Wildman–Crippen LogP) is 7.43. The highest BCUT2D eigenvalue weighted by Crippen LogP contribution is 2.48. The van der Waals surface area contributed by atoms with Crippen LogP contribution in [0.2, 0.25) is 0 Å². The highest BCUT2D eigenvalue weighted by atomic mass is 32.1. The number of benzene rings is 1. The number of hydrogen-bond acceptors (Lipinski definition) is 4. The summed E-state index contributed by atoms with van der Waals surface area (Å²) in [5, 5.41) is 0.430. The predicted molar refractivity (Wildman–Crippen MR) is 114 cm³/mol. The Bertz CT molecular complexity index is 1140. The van der Waals surface area contributed by atoms with Crippen LogP contribution >= 0.6 is 11.3 Å². The molecule has 1 aliphatic rings. The summed E-state index contributed by atoms with van der Waals surface area (Å²) in [7, 11) is 0. The molecule has 9 heteroatoms. The van der Waals surface area contributed by atoms with Gasteiger partial charge in [-0.2, -0.15) is 13.2 Å². The molecule has 172 valence electrons. The molecule has 1 aliphatic carbocycles. The first-order valence-electron chi connectivity index (χ1n) is 10.4. The Morgan fingerprint density at radius 3 is 2.38 bits per heavy atom. The molecule has 2 atom stereocenters. The maximum atomic E-state index is 14.1. The van der Waals surface area contributed by atoms with Crippen LogP contribution in [0.3, 0.4) is 0 Å². The SMILES string of the molecule is CC(C)(C)c1sc2ncnc(OC3CCCCC3C(F)(F)F)c2c1-c1ccc(F)c(F)c1. The first-order chi connectivity index (χ1) is 15.0. The second kappa shape index (κ2) is 8.24. The van der Waals surface area contributed by atoms with Gasteiger partial charge in [0.15, 0.2) is 11.6 Å². The second-order valence-corrected chi connectivity index (χ2v) is 10.1. The Kier molecular flexibility index (Phi) is 5.90. The van der Waals surface area contributed by atoms with Crippen molar-refractivity contribution < 1.29 is 26.7 Å². The molecule has 0 spiro atoms. The van der Waals surface area contributed by atoms with Gasteiger partial charge in [-0.25, -0.2) is 18.7 Å². The van der Waals surface area contributed by atoms with Gasteiger partial charge in [-0.1, -0.05) is 33.3 Å². The molecule has 1 fully saturated rings. The topological polar surface area (TPSA) is 35.0 Å². The molecule has 3 aromatic rings. The summed E-state index contributed by atoms with van der Waals surface area (Å²) < 4.78 is 74.4. The first-order valence-corrected chi connectivity index (χ1v) is 11.2. The van der Waals surface area contributed by atoms with Gasteiger partial charge in [-0.3, -0.25) is 0 Å². The van der Waals surface area contributed by atoms with E-state index in [9.17, 15) is 22.0 Å². The fourth-order valence-corrected chi connectivity index (χ4v) is 5.42. The van der Waals surface area contributed by atoms with Crippen molar-refractivity contribution in [3.8, 4) is 17.0 Å². The van der Waals surface area contributed by atoms with Crippen molar-refractivity contribution in [1.82, 2.24) is 9.97 Å². The molecule has 3 nitrogen and oxygen atoms in total. The highest BCUT2D eigenvalue weighted by molar-refractivity contribution is 7.19. The van der Waals surface area contributed by atoms with Gasteiger partial charge in [0, 0.05) is 10.4 Å². The van der Waals surface area contributed by atoms with Crippen molar-refractivity contribution in [2.24, 2.45) is 5.92 Å². The summed E-state index contributed by atoms with van der Waals surface area (Å²) in [6, 6.07) is 3.57. The van der Waals surface area contributed by atoms with E-state index in [1.807, 2.05) is 20.8 Å². The summed E-state index contributed by atoms with van der Waals surface area (Å²) in [6.45, 7) is 5.90. The van der Waals surface area contributed by atoms with E-state index in [1.165, 1.54) is 23.7 Å². The Labute approximate surface area is 186 Å². The Hall–Kier alpha value is -2.29. The van der Waals surface area contributed by atoms with Crippen LogP contribution in [0.1, 0.15) is 51.3 Å². The van der Waals surface area contributed by atoms with Crippen molar-refractivity contribution in [2.45, 2.75) is 64.1 Å². The average Bonchev–Trinajstić information content (AvgIpc) is 3.11. The molecule has 0 aliphatic heterocycles. The van der Waals surface area contributed by atoms with Gasteiger partial charge in [0.1, 0.15) is 17.3 Å². The lowest BCUT2D eigenvalue weighted by molar-refractivity contribution is -0.204. The second-order valence-electron chi connectivity index (χ2n) is 9.13. The highest BCUT2D eigenvalue weighted by Gasteiger charge is 2.47. The molecular formula is C23H23F5N2OS. The molecule has 1 aromatic carbocycles. The van der Waals surface area contributed by atoms with Crippen LogP contribution in [0, 0.1) is 17.6 Å². The lowest BCUT2D eigenvalue weighted by Crippen LogP contribution is -2.40. The van der Waals surface area contributed by atoms with Gasteiger partial charge in [0.2, 0.25) is 5.88 Å². The Morgan fingerprint density at radius 1 is 1.00 bits per heavy atom. The van der Waals surface area contributed by atoms with Crippen LogP contribution < -0.4 is 4.74 Å². The summed E-state index contributed by atoms with van der Waals surface area (Å²) in [5.74, 6) is -3.52. The third-order valence-electron chi connectivity index (χ3n) is 5.73. The zero-order valence-corrected chi connectivity index (χ0v) is 18.7. The molecule has 0 amide bonds. The minimum Gasteiger partial charge on any atom is -0.473 e. The van der Waals surface area contributed by atoms with Gasteiger partial charge in [0.05, 0.1) is 11.3 Å². The number of hydrogen-bond donors (Lipinski definition) is 0. The summed E-state index contributed by atoms with van der Waals surface area (Å²) >= 11 is 1.35. The molecule has 1 saturated carbocycles. The van der Waals surface area contributed by atoms with E-state index >= 15 is 0 Å². The number of alkyl halides is 3. The summed E-state index contributed by atoms with van der Waals surface area (Å²) in [6.07, 6.45) is -2.75. The number of halogens is 5.